The Bertz CT molecular complexity index is 359. The summed E-state index contributed by atoms with van der Waals surface area (Å²) >= 11 is 0. The van der Waals surface area contributed by atoms with Gasteiger partial charge in [0.15, 0.2) is 0 Å². The molecule has 0 aliphatic heterocycles. The van der Waals surface area contributed by atoms with Crippen molar-refractivity contribution in [2.75, 3.05) is 0 Å². The van der Waals surface area contributed by atoms with Crippen molar-refractivity contribution in [2.24, 2.45) is 5.41 Å². The number of hydrogen-bond donors (Lipinski definition) is 0. The Balaban J connectivity index is 2.31. The van der Waals surface area contributed by atoms with Crippen LogP contribution in [-0.4, -0.2) is 5.78 Å². The summed E-state index contributed by atoms with van der Waals surface area (Å²) in [6, 6.07) is 8.33. The summed E-state index contributed by atoms with van der Waals surface area (Å²) in [4.78, 5) is 11.5. The van der Waals surface area contributed by atoms with Crippen LogP contribution in [0.15, 0.2) is 24.3 Å². The minimum absolute atomic E-state index is 0.128. The van der Waals surface area contributed by atoms with Crippen molar-refractivity contribution in [1.29, 1.82) is 0 Å². The van der Waals surface area contributed by atoms with Crippen LogP contribution in [0, 0.1) is 12.3 Å². The topological polar surface area (TPSA) is 17.1 Å². The normalized spacial score (nSPS) is 24.5. The van der Waals surface area contributed by atoms with E-state index in [4.69, 9.17) is 0 Å². The van der Waals surface area contributed by atoms with Gasteiger partial charge in [0.2, 0.25) is 0 Å². The Kier molecular flexibility index (Phi) is 1.99. The molecule has 1 heteroatoms. The van der Waals surface area contributed by atoms with Gasteiger partial charge in [0.05, 0.1) is 0 Å². The predicted molar refractivity (Wildman–Crippen MR) is 57.3 cm³/mol. The summed E-state index contributed by atoms with van der Waals surface area (Å²) in [5, 5.41) is 0. The molecule has 0 spiro atoms. The van der Waals surface area contributed by atoms with E-state index in [0.717, 1.165) is 6.42 Å². The van der Waals surface area contributed by atoms with E-state index in [1.54, 1.807) is 0 Å². The molecule has 0 amide bonds. The number of benzene rings is 1. The number of Topliss-reactive ketones (excluding diaryl/α,β-unsaturated/α-hetero) is 1. The van der Waals surface area contributed by atoms with Gasteiger partial charge in [-0.15, -0.1) is 0 Å². The molecule has 1 saturated carbocycles. The summed E-state index contributed by atoms with van der Waals surface area (Å²) < 4.78 is 0. The van der Waals surface area contributed by atoms with Gasteiger partial charge < -0.3 is 0 Å². The lowest BCUT2D eigenvalue weighted by atomic mass is 9.59. The maximum absolute atomic E-state index is 11.5. The molecule has 0 saturated heterocycles. The first kappa shape index (κ1) is 9.45. The van der Waals surface area contributed by atoms with Gasteiger partial charge in [0.25, 0.3) is 0 Å². The van der Waals surface area contributed by atoms with Crippen LogP contribution in [-0.2, 0) is 4.79 Å². The lowest BCUT2D eigenvalue weighted by molar-refractivity contribution is -0.134. The van der Waals surface area contributed by atoms with Crippen molar-refractivity contribution in [3.05, 3.63) is 35.4 Å². The van der Waals surface area contributed by atoms with Crippen LogP contribution in [0.25, 0.3) is 0 Å². The Morgan fingerprint density at radius 1 is 1.21 bits per heavy atom. The molecule has 0 aromatic heterocycles. The average molecular weight is 188 g/mol. The Labute approximate surface area is 85.1 Å². The zero-order valence-electron chi connectivity index (χ0n) is 9.00. The van der Waals surface area contributed by atoms with E-state index in [-0.39, 0.29) is 11.3 Å². The summed E-state index contributed by atoms with van der Waals surface area (Å²) in [7, 11) is 0. The standard InChI is InChI=1S/C13H16O/c1-9-4-6-10(7-5-9)12-11(14)8-13(12,2)3/h4-7,12H,8H2,1-3H3. The van der Waals surface area contributed by atoms with Crippen molar-refractivity contribution in [3.63, 3.8) is 0 Å². The first-order valence-electron chi connectivity index (χ1n) is 5.10. The zero-order chi connectivity index (χ0) is 10.3. The SMILES string of the molecule is Cc1ccc(C2C(=O)CC2(C)C)cc1. The van der Waals surface area contributed by atoms with Gasteiger partial charge in [0, 0.05) is 12.3 Å². The van der Waals surface area contributed by atoms with Crippen molar-refractivity contribution >= 4 is 5.78 Å². The summed E-state index contributed by atoms with van der Waals surface area (Å²) in [5.74, 6) is 0.516. The molecule has 1 aromatic rings. The second kappa shape index (κ2) is 2.94. The molecule has 1 aromatic carbocycles. The quantitative estimate of drug-likeness (QED) is 0.662. The minimum atomic E-state index is 0.128. The second-order valence-electron chi connectivity index (χ2n) is 4.98. The average Bonchev–Trinajstić information content (AvgIpc) is 2.07. The highest BCUT2D eigenvalue weighted by Gasteiger charge is 2.46. The molecule has 0 bridgehead atoms. The largest absolute Gasteiger partial charge is 0.299 e. The van der Waals surface area contributed by atoms with Gasteiger partial charge in [-0.25, -0.2) is 0 Å². The number of carbonyl (C=O) groups is 1. The van der Waals surface area contributed by atoms with Crippen molar-refractivity contribution in [1.82, 2.24) is 0 Å². The van der Waals surface area contributed by atoms with Gasteiger partial charge in [-0.05, 0) is 17.9 Å². The molecule has 0 radical (unpaired) electrons. The van der Waals surface area contributed by atoms with Crippen LogP contribution in [0.4, 0.5) is 0 Å². The Morgan fingerprint density at radius 2 is 1.79 bits per heavy atom. The van der Waals surface area contributed by atoms with Gasteiger partial charge in [-0.3, -0.25) is 4.79 Å². The van der Waals surface area contributed by atoms with E-state index in [1.165, 1.54) is 11.1 Å². The summed E-state index contributed by atoms with van der Waals surface area (Å²) in [5.41, 5.74) is 2.59. The lowest BCUT2D eigenvalue weighted by Crippen LogP contribution is -2.42. The van der Waals surface area contributed by atoms with E-state index in [9.17, 15) is 4.79 Å². The minimum Gasteiger partial charge on any atom is -0.299 e. The maximum atomic E-state index is 11.5. The highest BCUT2D eigenvalue weighted by Crippen LogP contribution is 2.49. The van der Waals surface area contributed by atoms with Gasteiger partial charge >= 0.3 is 0 Å². The number of hydrogen-bond acceptors (Lipinski definition) is 1. The fourth-order valence-electron chi connectivity index (χ4n) is 2.35. The molecule has 1 atom stereocenters. The van der Waals surface area contributed by atoms with E-state index < -0.39 is 0 Å². The number of aryl methyl sites for hydroxylation is 1. The molecular formula is C13H16O. The molecule has 1 aliphatic rings. The molecule has 1 nitrogen and oxygen atoms in total. The third-order valence-electron chi connectivity index (χ3n) is 3.14. The van der Waals surface area contributed by atoms with Crippen molar-refractivity contribution < 1.29 is 4.79 Å². The van der Waals surface area contributed by atoms with Crippen LogP contribution >= 0.6 is 0 Å². The Hall–Kier alpha value is -1.11. The molecule has 1 unspecified atom stereocenters. The van der Waals surface area contributed by atoms with Crippen LogP contribution in [0.3, 0.4) is 0 Å². The third kappa shape index (κ3) is 1.37. The van der Waals surface area contributed by atoms with Crippen LogP contribution < -0.4 is 0 Å². The fourth-order valence-corrected chi connectivity index (χ4v) is 2.35. The van der Waals surface area contributed by atoms with Gasteiger partial charge in [-0.2, -0.15) is 0 Å². The molecular weight excluding hydrogens is 172 g/mol. The van der Waals surface area contributed by atoms with E-state index in [1.807, 2.05) is 0 Å². The van der Waals surface area contributed by atoms with Crippen molar-refractivity contribution in [2.45, 2.75) is 33.1 Å². The maximum Gasteiger partial charge on any atom is 0.141 e. The third-order valence-corrected chi connectivity index (χ3v) is 3.14. The highest BCUT2D eigenvalue weighted by molar-refractivity contribution is 5.93. The monoisotopic (exact) mass is 188 g/mol. The van der Waals surface area contributed by atoms with Crippen molar-refractivity contribution in [3.8, 4) is 0 Å². The van der Waals surface area contributed by atoms with Crippen LogP contribution in [0.2, 0.25) is 0 Å². The summed E-state index contributed by atoms with van der Waals surface area (Å²) in [6.07, 6.45) is 0.728. The van der Waals surface area contributed by atoms with Gasteiger partial charge in [-0.1, -0.05) is 43.7 Å². The van der Waals surface area contributed by atoms with E-state index in [2.05, 4.69) is 45.0 Å². The van der Waals surface area contributed by atoms with Crippen LogP contribution in [0.5, 0.6) is 0 Å². The Morgan fingerprint density at radius 3 is 2.21 bits per heavy atom. The zero-order valence-corrected chi connectivity index (χ0v) is 9.00. The van der Waals surface area contributed by atoms with Gasteiger partial charge in [0.1, 0.15) is 5.78 Å². The molecule has 0 heterocycles. The first-order valence-corrected chi connectivity index (χ1v) is 5.10. The molecule has 1 aliphatic carbocycles. The fraction of sp³-hybridized carbons (Fsp3) is 0.462. The number of ketones is 1. The molecule has 0 N–H and O–H groups in total. The lowest BCUT2D eigenvalue weighted by Gasteiger charge is -2.43. The second-order valence-corrected chi connectivity index (χ2v) is 4.98. The highest BCUT2D eigenvalue weighted by atomic mass is 16.1. The molecule has 1 fully saturated rings. The summed E-state index contributed by atoms with van der Waals surface area (Å²) in [6.45, 7) is 6.40. The van der Waals surface area contributed by atoms with Crippen LogP contribution in [0.1, 0.15) is 37.3 Å². The van der Waals surface area contributed by atoms with E-state index >= 15 is 0 Å². The van der Waals surface area contributed by atoms with E-state index in [0.29, 0.717) is 5.78 Å². The predicted octanol–water partition coefficient (Wildman–Crippen LogP) is 3.08. The molecule has 14 heavy (non-hydrogen) atoms. The first-order chi connectivity index (χ1) is 6.50. The number of carbonyl (C=O) groups excluding carboxylic acids is 1. The smallest absolute Gasteiger partial charge is 0.141 e. The number of rotatable bonds is 1. The molecule has 2 rings (SSSR count). The molecule has 74 valence electrons.